The number of hydrogen-bond acceptors (Lipinski definition) is 5. The Morgan fingerprint density at radius 2 is 2.00 bits per heavy atom. The molecule has 1 aromatic carbocycles. The van der Waals surface area contributed by atoms with Crippen LogP contribution >= 0.6 is 0 Å². The molecule has 1 saturated heterocycles. The Morgan fingerprint density at radius 3 is 2.75 bits per heavy atom. The maximum absolute atomic E-state index is 12.1. The van der Waals surface area contributed by atoms with E-state index < -0.39 is 0 Å². The first-order chi connectivity index (χ1) is 11.7. The second kappa shape index (κ2) is 8.10. The molecule has 2 aromatic rings. The van der Waals surface area contributed by atoms with Gasteiger partial charge in [0.2, 0.25) is 0 Å². The highest BCUT2D eigenvalue weighted by molar-refractivity contribution is 5.93. The molecule has 0 atom stereocenters. The Balaban J connectivity index is 1.55. The van der Waals surface area contributed by atoms with E-state index in [1.165, 1.54) is 11.8 Å². The summed E-state index contributed by atoms with van der Waals surface area (Å²) in [6.45, 7) is 5.20. The van der Waals surface area contributed by atoms with Crippen LogP contribution in [0.15, 0.2) is 41.0 Å². The molecule has 3 N–H and O–H groups in total. The molecule has 0 bridgehead atoms. The molecule has 24 heavy (non-hydrogen) atoms. The summed E-state index contributed by atoms with van der Waals surface area (Å²) in [6.07, 6.45) is 1.44. The van der Waals surface area contributed by atoms with Crippen molar-refractivity contribution in [1.29, 1.82) is 0 Å². The van der Waals surface area contributed by atoms with Crippen LogP contribution in [0, 0.1) is 0 Å². The number of nitrogens with zero attached hydrogens (tertiary/aromatic N) is 1. The van der Waals surface area contributed by atoms with E-state index in [9.17, 15) is 4.79 Å². The van der Waals surface area contributed by atoms with Gasteiger partial charge >= 0.3 is 0 Å². The highest BCUT2D eigenvalue weighted by atomic mass is 16.5. The number of amides is 1. The molecule has 1 fully saturated rings. The van der Waals surface area contributed by atoms with Crippen LogP contribution in [0.1, 0.15) is 27.2 Å². The van der Waals surface area contributed by atoms with Crippen molar-refractivity contribution >= 4 is 5.91 Å². The summed E-state index contributed by atoms with van der Waals surface area (Å²) in [5.41, 5.74) is 8.31. The summed E-state index contributed by atoms with van der Waals surface area (Å²) in [5.74, 6) is 0.449. The van der Waals surface area contributed by atoms with Crippen LogP contribution in [0.4, 0.5) is 0 Å². The van der Waals surface area contributed by atoms with Crippen molar-refractivity contribution in [3.05, 3.63) is 59.0 Å². The number of morpholine rings is 1. The van der Waals surface area contributed by atoms with Gasteiger partial charge in [-0.1, -0.05) is 24.3 Å². The van der Waals surface area contributed by atoms with Crippen molar-refractivity contribution in [2.24, 2.45) is 5.73 Å². The highest BCUT2D eigenvalue weighted by Crippen LogP contribution is 2.11. The van der Waals surface area contributed by atoms with Gasteiger partial charge in [0.1, 0.15) is 12.0 Å². The molecular weight excluding hydrogens is 306 g/mol. The monoisotopic (exact) mass is 329 g/mol. The summed E-state index contributed by atoms with van der Waals surface area (Å²) < 4.78 is 10.6. The number of nitrogens with one attached hydrogen (secondary N) is 1. The molecule has 1 amide bonds. The zero-order valence-electron chi connectivity index (χ0n) is 13.7. The predicted octanol–water partition coefficient (Wildman–Crippen LogP) is 1.50. The van der Waals surface area contributed by atoms with Gasteiger partial charge in [-0.25, -0.2) is 0 Å². The van der Waals surface area contributed by atoms with Crippen molar-refractivity contribution < 1.29 is 13.9 Å². The van der Waals surface area contributed by atoms with Gasteiger partial charge in [-0.3, -0.25) is 9.69 Å². The fraction of sp³-hybridized carbons (Fsp3) is 0.389. The van der Waals surface area contributed by atoms with Crippen molar-refractivity contribution in [2.45, 2.75) is 19.6 Å². The van der Waals surface area contributed by atoms with Gasteiger partial charge in [0.15, 0.2) is 0 Å². The lowest BCUT2D eigenvalue weighted by Gasteiger charge is -2.26. The second-order valence-corrected chi connectivity index (χ2v) is 5.90. The first-order valence-electron chi connectivity index (χ1n) is 8.18. The topological polar surface area (TPSA) is 80.7 Å². The number of furan rings is 1. The molecular formula is C18H23N3O3. The summed E-state index contributed by atoms with van der Waals surface area (Å²) in [7, 11) is 0. The summed E-state index contributed by atoms with van der Waals surface area (Å²) in [4.78, 5) is 14.5. The first-order valence-corrected chi connectivity index (χ1v) is 8.18. The van der Waals surface area contributed by atoms with Gasteiger partial charge < -0.3 is 20.2 Å². The number of hydrogen-bond donors (Lipinski definition) is 2. The molecule has 3 rings (SSSR count). The zero-order valence-corrected chi connectivity index (χ0v) is 13.7. The van der Waals surface area contributed by atoms with E-state index in [1.807, 2.05) is 12.1 Å². The third-order valence-corrected chi connectivity index (χ3v) is 4.07. The SMILES string of the molecule is NCc1cc(C(=O)NCc2cccc(CN3CCOCC3)c2)co1. The lowest BCUT2D eigenvalue weighted by atomic mass is 10.1. The molecule has 2 heterocycles. The number of ether oxygens (including phenoxy) is 1. The normalized spacial score (nSPS) is 15.4. The molecule has 0 spiro atoms. The third-order valence-electron chi connectivity index (χ3n) is 4.07. The number of nitrogens with two attached hydrogens (primary N) is 1. The maximum Gasteiger partial charge on any atom is 0.254 e. The fourth-order valence-corrected chi connectivity index (χ4v) is 2.75. The largest absolute Gasteiger partial charge is 0.467 e. The van der Waals surface area contributed by atoms with Crippen LogP contribution in [0.25, 0.3) is 0 Å². The Morgan fingerprint density at radius 1 is 1.21 bits per heavy atom. The van der Waals surface area contributed by atoms with Crippen LogP contribution in [-0.4, -0.2) is 37.1 Å². The van der Waals surface area contributed by atoms with Gasteiger partial charge in [0, 0.05) is 26.2 Å². The molecule has 1 aliphatic rings. The smallest absolute Gasteiger partial charge is 0.254 e. The molecule has 1 aromatic heterocycles. The molecule has 0 radical (unpaired) electrons. The molecule has 6 heteroatoms. The van der Waals surface area contributed by atoms with Crippen molar-refractivity contribution in [2.75, 3.05) is 26.3 Å². The van der Waals surface area contributed by atoms with E-state index >= 15 is 0 Å². The van der Waals surface area contributed by atoms with E-state index in [4.69, 9.17) is 14.9 Å². The average molecular weight is 329 g/mol. The minimum Gasteiger partial charge on any atom is -0.467 e. The van der Waals surface area contributed by atoms with Crippen molar-refractivity contribution in [1.82, 2.24) is 10.2 Å². The minimum absolute atomic E-state index is 0.156. The van der Waals surface area contributed by atoms with E-state index in [-0.39, 0.29) is 12.5 Å². The lowest BCUT2D eigenvalue weighted by Crippen LogP contribution is -2.35. The van der Waals surface area contributed by atoms with Crippen LogP contribution in [0.5, 0.6) is 0 Å². The quantitative estimate of drug-likeness (QED) is 0.839. The van der Waals surface area contributed by atoms with Crippen molar-refractivity contribution in [3.8, 4) is 0 Å². The Kier molecular flexibility index (Phi) is 5.63. The Bertz CT molecular complexity index is 678. The maximum atomic E-state index is 12.1. The molecule has 128 valence electrons. The van der Waals surface area contributed by atoms with Gasteiger partial charge in [-0.2, -0.15) is 0 Å². The van der Waals surface area contributed by atoms with Crippen LogP contribution in [0.3, 0.4) is 0 Å². The fourth-order valence-electron chi connectivity index (χ4n) is 2.75. The van der Waals surface area contributed by atoms with Gasteiger partial charge in [-0.05, 0) is 17.2 Å². The predicted molar refractivity (Wildman–Crippen MR) is 90.3 cm³/mol. The van der Waals surface area contributed by atoms with E-state index in [0.29, 0.717) is 17.9 Å². The molecule has 1 aliphatic heterocycles. The molecule has 0 aliphatic carbocycles. The molecule has 0 unspecified atom stereocenters. The number of carbonyl (C=O) groups is 1. The lowest BCUT2D eigenvalue weighted by molar-refractivity contribution is 0.0342. The minimum atomic E-state index is -0.156. The average Bonchev–Trinajstić information content (AvgIpc) is 3.10. The number of carbonyl (C=O) groups excluding carboxylic acids is 1. The summed E-state index contributed by atoms with van der Waals surface area (Å²) in [6, 6.07) is 9.97. The first kappa shape index (κ1) is 16.7. The van der Waals surface area contributed by atoms with Gasteiger partial charge in [0.25, 0.3) is 5.91 Å². The second-order valence-electron chi connectivity index (χ2n) is 5.90. The Hall–Kier alpha value is -2.15. The zero-order chi connectivity index (χ0) is 16.8. The number of rotatable bonds is 6. The summed E-state index contributed by atoms with van der Waals surface area (Å²) in [5, 5.41) is 2.91. The van der Waals surface area contributed by atoms with Gasteiger partial charge in [0.05, 0.1) is 25.3 Å². The Labute approximate surface area is 141 Å². The van der Waals surface area contributed by atoms with Crippen LogP contribution in [0.2, 0.25) is 0 Å². The number of benzene rings is 1. The van der Waals surface area contributed by atoms with Crippen molar-refractivity contribution in [3.63, 3.8) is 0 Å². The molecule has 0 saturated carbocycles. The highest BCUT2D eigenvalue weighted by Gasteiger charge is 2.12. The van der Waals surface area contributed by atoms with E-state index in [0.717, 1.165) is 38.4 Å². The standard InChI is InChI=1S/C18H23N3O3/c19-10-17-9-16(13-24-17)18(22)20-11-14-2-1-3-15(8-14)12-21-4-6-23-7-5-21/h1-3,8-9,13H,4-7,10-12,19H2,(H,20,22). The van der Waals surface area contributed by atoms with E-state index in [2.05, 4.69) is 22.3 Å². The van der Waals surface area contributed by atoms with Crippen LogP contribution in [-0.2, 0) is 24.4 Å². The third kappa shape index (κ3) is 4.44. The van der Waals surface area contributed by atoms with E-state index in [1.54, 1.807) is 6.07 Å². The summed E-state index contributed by atoms with van der Waals surface area (Å²) >= 11 is 0. The van der Waals surface area contributed by atoms with Crippen LogP contribution < -0.4 is 11.1 Å². The molecule has 6 nitrogen and oxygen atoms in total. The van der Waals surface area contributed by atoms with Gasteiger partial charge in [-0.15, -0.1) is 0 Å².